The lowest BCUT2D eigenvalue weighted by atomic mass is 9.75. The van der Waals surface area contributed by atoms with Crippen LogP contribution in [0.2, 0.25) is 0 Å². The van der Waals surface area contributed by atoms with Crippen LogP contribution in [0.25, 0.3) is 0 Å². The van der Waals surface area contributed by atoms with Gasteiger partial charge in [0.1, 0.15) is 11.6 Å². The first-order valence-electron chi connectivity index (χ1n) is 12.7. The number of amides is 1. The normalized spacial score (nSPS) is 17.9. The molecule has 39 heavy (non-hydrogen) atoms. The molecule has 1 amide bonds. The number of benzene rings is 3. The summed E-state index contributed by atoms with van der Waals surface area (Å²) in [6.45, 7) is 4.84. The number of hydrogen-bond acceptors (Lipinski definition) is 5. The standard InChI is InChI=1S/C20H20F2N2O3S.C8H10O.C2H6/c21-15-6-7-16(17(22)10-15)20(12-27-9-8-14(20)11-25)24-19(28)23-18(26)13-4-2-1-3-5-13;1-9-7-8-5-3-2-4-6-8;1-2/h1-7,10,14,25H,8-9,11-12H2,(H2,23,24,26,28);2-6H,7H2,1H3;1-2H3. The highest BCUT2D eigenvalue weighted by atomic mass is 32.1. The molecule has 1 aliphatic heterocycles. The van der Waals surface area contributed by atoms with Crippen molar-refractivity contribution in [3.05, 3.63) is 107 Å². The Morgan fingerprint density at radius 3 is 2.31 bits per heavy atom. The molecule has 4 rings (SSSR count). The van der Waals surface area contributed by atoms with Gasteiger partial charge >= 0.3 is 0 Å². The van der Waals surface area contributed by atoms with Crippen LogP contribution in [0, 0.1) is 17.6 Å². The highest BCUT2D eigenvalue weighted by Crippen LogP contribution is 2.37. The van der Waals surface area contributed by atoms with Gasteiger partial charge in [0.15, 0.2) is 5.11 Å². The Kier molecular flexibility index (Phi) is 13.7. The summed E-state index contributed by atoms with van der Waals surface area (Å²) in [6.07, 6.45) is 0.440. The molecular weight excluding hydrogens is 522 g/mol. The number of thiocarbonyl (C=S) groups is 1. The van der Waals surface area contributed by atoms with Crippen molar-refractivity contribution in [1.29, 1.82) is 0 Å². The number of aliphatic hydroxyl groups is 1. The lowest BCUT2D eigenvalue weighted by Gasteiger charge is -2.44. The van der Waals surface area contributed by atoms with Crippen LogP contribution in [0.3, 0.4) is 0 Å². The van der Waals surface area contributed by atoms with E-state index in [1.165, 1.54) is 11.6 Å². The van der Waals surface area contributed by atoms with Gasteiger partial charge in [-0.2, -0.15) is 0 Å². The molecular formula is C30H36F2N2O4S. The molecule has 2 unspecified atom stereocenters. The zero-order valence-electron chi connectivity index (χ0n) is 22.5. The summed E-state index contributed by atoms with van der Waals surface area (Å²) >= 11 is 5.28. The van der Waals surface area contributed by atoms with Gasteiger partial charge in [-0.15, -0.1) is 0 Å². The Balaban J connectivity index is 0.000000407. The van der Waals surface area contributed by atoms with Gasteiger partial charge in [0, 0.05) is 43.4 Å². The zero-order valence-corrected chi connectivity index (χ0v) is 23.3. The summed E-state index contributed by atoms with van der Waals surface area (Å²) in [6, 6.07) is 21.8. The summed E-state index contributed by atoms with van der Waals surface area (Å²) in [5, 5.41) is 15.4. The number of nitrogens with one attached hydrogen (secondary N) is 2. The molecule has 3 N–H and O–H groups in total. The van der Waals surface area contributed by atoms with E-state index >= 15 is 0 Å². The smallest absolute Gasteiger partial charge is 0.257 e. The predicted octanol–water partition coefficient (Wildman–Crippen LogP) is 5.35. The van der Waals surface area contributed by atoms with Gasteiger partial charge in [-0.3, -0.25) is 10.1 Å². The van der Waals surface area contributed by atoms with E-state index in [0.717, 1.165) is 12.1 Å². The molecule has 0 aromatic heterocycles. The molecule has 210 valence electrons. The second kappa shape index (κ2) is 16.7. The third-order valence-electron chi connectivity index (χ3n) is 6.02. The van der Waals surface area contributed by atoms with Crippen LogP contribution >= 0.6 is 12.2 Å². The summed E-state index contributed by atoms with van der Waals surface area (Å²) < 4.78 is 38.5. The van der Waals surface area contributed by atoms with Crippen LogP contribution in [-0.4, -0.2) is 43.1 Å². The van der Waals surface area contributed by atoms with Crippen molar-refractivity contribution >= 4 is 23.2 Å². The highest BCUT2D eigenvalue weighted by molar-refractivity contribution is 7.80. The maximum atomic E-state index is 14.6. The van der Waals surface area contributed by atoms with Gasteiger partial charge in [0.25, 0.3) is 5.91 Å². The van der Waals surface area contributed by atoms with Crippen LogP contribution in [-0.2, 0) is 21.6 Å². The van der Waals surface area contributed by atoms with Gasteiger partial charge in [0.2, 0.25) is 0 Å². The molecule has 0 radical (unpaired) electrons. The predicted molar refractivity (Wildman–Crippen MR) is 152 cm³/mol. The van der Waals surface area contributed by atoms with Crippen LogP contribution in [0.4, 0.5) is 8.78 Å². The number of carbonyl (C=O) groups excluding carboxylic acids is 1. The summed E-state index contributed by atoms with van der Waals surface area (Å²) in [5.74, 6) is -2.37. The minimum Gasteiger partial charge on any atom is -0.396 e. The van der Waals surface area contributed by atoms with Crippen molar-refractivity contribution < 1.29 is 28.2 Å². The Morgan fingerprint density at radius 2 is 1.72 bits per heavy atom. The fourth-order valence-electron chi connectivity index (χ4n) is 4.16. The topological polar surface area (TPSA) is 79.8 Å². The van der Waals surface area contributed by atoms with Crippen molar-refractivity contribution in [3.63, 3.8) is 0 Å². The van der Waals surface area contributed by atoms with E-state index in [-0.39, 0.29) is 23.9 Å². The number of rotatable bonds is 6. The van der Waals surface area contributed by atoms with Gasteiger partial charge in [-0.25, -0.2) is 8.78 Å². The maximum absolute atomic E-state index is 14.6. The summed E-state index contributed by atoms with van der Waals surface area (Å²) in [5.41, 5.74) is 0.502. The second-order valence-electron chi connectivity index (χ2n) is 8.51. The number of ether oxygens (including phenoxy) is 2. The van der Waals surface area contributed by atoms with Crippen molar-refractivity contribution in [2.24, 2.45) is 5.92 Å². The average molecular weight is 559 g/mol. The largest absolute Gasteiger partial charge is 0.396 e. The third kappa shape index (κ3) is 9.18. The Morgan fingerprint density at radius 1 is 1.08 bits per heavy atom. The van der Waals surface area contributed by atoms with Crippen molar-refractivity contribution in [1.82, 2.24) is 10.6 Å². The molecule has 1 fully saturated rings. The number of methoxy groups -OCH3 is 1. The number of hydrogen-bond donors (Lipinski definition) is 3. The minimum absolute atomic E-state index is 0.00211. The molecule has 9 heteroatoms. The monoisotopic (exact) mass is 558 g/mol. The molecule has 1 aliphatic rings. The Hall–Kier alpha value is -3.24. The first kappa shape index (κ1) is 32.0. The van der Waals surface area contributed by atoms with Crippen molar-refractivity contribution in [3.8, 4) is 0 Å². The first-order chi connectivity index (χ1) is 18.9. The van der Waals surface area contributed by atoms with Gasteiger partial charge < -0.3 is 19.9 Å². The second-order valence-corrected chi connectivity index (χ2v) is 8.92. The molecule has 0 saturated carbocycles. The zero-order chi connectivity index (χ0) is 28.7. The fourth-order valence-corrected chi connectivity index (χ4v) is 4.44. The van der Waals surface area contributed by atoms with E-state index in [1.54, 1.807) is 37.4 Å². The van der Waals surface area contributed by atoms with E-state index in [4.69, 9.17) is 21.7 Å². The average Bonchev–Trinajstić information content (AvgIpc) is 2.96. The summed E-state index contributed by atoms with van der Waals surface area (Å²) in [4.78, 5) is 12.4. The number of halogens is 2. The SMILES string of the molecule is CC.COCc1ccccc1.O=C(NC(=S)NC1(c2ccc(F)cc2F)COCCC1CO)c1ccccc1. The molecule has 6 nitrogen and oxygen atoms in total. The fraction of sp³-hybridized carbons (Fsp3) is 0.333. The molecule has 3 aromatic rings. The van der Waals surface area contributed by atoms with E-state index in [2.05, 4.69) is 10.6 Å². The number of aliphatic hydroxyl groups excluding tert-OH is 1. The van der Waals surface area contributed by atoms with Crippen LogP contribution in [0.15, 0.2) is 78.9 Å². The van der Waals surface area contributed by atoms with Crippen LogP contribution in [0.1, 0.15) is 41.8 Å². The lowest BCUT2D eigenvalue weighted by molar-refractivity contribution is -0.0341. The Labute approximate surface area is 234 Å². The van der Waals surface area contributed by atoms with Crippen molar-refractivity contribution in [2.75, 3.05) is 26.9 Å². The van der Waals surface area contributed by atoms with E-state index < -0.39 is 29.0 Å². The van der Waals surface area contributed by atoms with E-state index in [1.807, 2.05) is 44.2 Å². The maximum Gasteiger partial charge on any atom is 0.257 e. The van der Waals surface area contributed by atoms with Gasteiger partial charge in [-0.1, -0.05) is 68.4 Å². The third-order valence-corrected chi connectivity index (χ3v) is 6.23. The quantitative estimate of drug-likeness (QED) is 0.354. The van der Waals surface area contributed by atoms with E-state index in [9.17, 15) is 18.7 Å². The molecule has 1 saturated heterocycles. The van der Waals surface area contributed by atoms with E-state index in [0.29, 0.717) is 25.2 Å². The highest BCUT2D eigenvalue weighted by Gasteiger charge is 2.45. The van der Waals surface area contributed by atoms with Crippen molar-refractivity contribution in [2.45, 2.75) is 32.4 Å². The minimum atomic E-state index is -1.24. The van der Waals surface area contributed by atoms with Gasteiger partial charge in [0.05, 0.1) is 18.8 Å². The van der Waals surface area contributed by atoms with Crippen LogP contribution < -0.4 is 10.6 Å². The van der Waals surface area contributed by atoms with Gasteiger partial charge in [-0.05, 0) is 42.4 Å². The Bertz CT molecular complexity index is 1170. The first-order valence-corrected chi connectivity index (χ1v) is 13.2. The molecule has 3 aromatic carbocycles. The number of carbonyl (C=O) groups is 1. The van der Waals surface area contributed by atoms with Crippen LogP contribution in [0.5, 0.6) is 0 Å². The molecule has 0 bridgehead atoms. The molecule has 0 aliphatic carbocycles. The molecule has 2 atom stereocenters. The summed E-state index contributed by atoms with van der Waals surface area (Å²) in [7, 11) is 1.70. The lowest BCUT2D eigenvalue weighted by Crippen LogP contribution is -2.60. The molecule has 0 spiro atoms. The molecule has 1 heterocycles.